The normalized spacial score (nSPS) is 10.3. The minimum atomic E-state index is -0.998. The third kappa shape index (κ3) is 2.37. The highest BCUT2D eigenvalue weighted by atomic mass is 32.1. The Morgan fingerprint density at radius 1 is 1.62 bits per heavy atom. The number of aromatic carboxylic acids is 1. The van der Waals surface area contributed by atoms with Crippen molar-refractivity contribution in [2.24, 2.45) is 0 Å². The first kappa shape index (κ1) is 10.6. The molecule has 0 atom stereocenters. The molecule has 84 valence electrons. The van der Waals surface area contributed by atoms with Crippen LogP contribution in [-0.2, 0) is 6.54 Å². The van der Waals surface area contributed by atoms with Gasteiger partial charge in [-0.3, -0.25) is 0 Å². The van der Waals surface area contributed by atoms with Crippen LogP contribution in [0.2, 0.25) is 0 Å². The van der Waals surface area contributed by atoms with E-state index in [0.717, 1.165) is 5.01 Å². The van der Waals surface area contributed by atoms with E-state index in [9.17, 15) is 4.79 Å². The Labute approximate surface area is 94.9 Å². The molecule has 0 radical (unpaired) electrons. The van der Waals surface area contributed by atoms with Crippen LogP contribution >= 0.6 is 11.3 Å². The van der Waals surface area contributed by atoms with Gasteiger partial charge in [-0.05, 0) is 13.0 Å². The molecule has 16 heavy (non-hydrogen) atoms. The van der Waals surface area contributed by atoms with Crippen LogP contribution in [0.3, 0.4) is 0 Å². The van der Waals surface area contributed by atoms with Crippen LogP contribution in [0.25, 0.3) is 0 Å². The number of hydrogen-bond acceptors (Lipinski definition) is 6. The minimum absolute atomic E-state index is 0.144. The third-order valence-corrected chi connectivity index (χ3v) is 2.64. The van der Waals surface area contributed by atoms with Crippen molar-refractivity contribution in [3.05, 3.63) is 28.7 Å². The molecular weight excluding hydrogens is 230 g/mol. The van der Waals surface area contributed by atoms with Crippen LogP contribution in [0.15, 0.2) is 16.7 Å². The van der Waals surface area contributed by atoms with E-state index in [1.54, 1.807) is 0 Å². The van der Waals surface area contributed by atoms with Crippen molar-refractivity contribution in [3.63, 3.8) is 0 Å². The van der Waals surface area contributed by atoms with E-state index in [4.69, 9.17) is 9.52 Å². The Bertz CT molecular complexity index is 506. The lowest BCUT2D eigenvalue weighted by Crippen LogP contribution is -1.98. The summed E-state index contributed by atoms with van der Waals surface area (Å²) in [6, 6.07) is 1.48. The number of anilines is 1. The summed E-state index contributed by atoms with van der Waals surface area (Å²) in [5.74, 6) is -0.452. The lowest BCUT2D eigenvalue weighted by Gasteiger charge is -1.96. The molecule has 0 amide bonds. The molecule has 2 heterocycles. The van der Waals surface area contributed by atoms with E-state index >= 15 is 0 Å². The number of carbonyl (C=O) groups is 1. The topological polar surface area (TPSA) is 88.2 Å². The largest absolute Gasteiger partial charge is 0.478 e. The smallest absolute Gasteiger partial charge is 0.338 e. The van der Waals surface area contributed by atoms with Gasteiger partial charge in [-0.1, -0.05) is 11.3 Å². The molecule has 7 heteroatoms. The first-order valence-corrected chi connectivity index (χ1v) is 5.31. The molecule has 0 bridgehead atoms. The molecule has 2 rings (SSSR count). The maximum Gasteiger partial charge on any atom is 0.338 e. The van der Waals surface area contributed by atoms with Gasteiger partial charge in [0.05, 0.1) is 12.1 Å². The van der Waals surface area contributed by atoms with E-state index in [1.165, 1.54) is 23.7 Å². The van der Waals surface area contributed by atoms with Crippen LogP contribution in [0.1, 0.15) is 21.1 Å². The summed E-state index contributed by atoms with van der Waals surface area (Å²) >= 11 is 1.43. The number of carboxylic acids is 1. The summed E-state index contributed by atoms with van der Waals surface area (Å²) in [4.78, 5) is 10.6. The predicted octanol–water partition coefficient (Wildman–Crippen LogP) is 1.75. The average molecular weight is 239 g/mol. The highest BCUT2D eigenvalue weighted by Crippen LogP contribution is 2.15. The maximum atomic E-state index is 10.6. The molecule has 0 saturated carbocycles. The molecular formula is C9H9N3O3S. The monoisotopic (exact) mass is 239 g/mol. The summed E-state index contributed by atoms with van der Waals surface area (Å²) in [5, 5.41) is 20.9. The number of furan rings is 1. The third-order valence-electron chi connectivity index (χ3n) is 1.84. The quantitative estimate of drug-likeness (QED) is 0.845. The Morgan fingerprint density at radius 3 is 3.00 bits per heavy atom. The molecule has 2 N–H and O–H groups in total. The lowest BCUT2D eigenvalue weighted by molar-refractivity contribution is 0.0696. The number of nitrogens with one attached hydrogen (secondary N) is 1. The van der Waals surface area contributed by atoms with Crippen LogP contribution in [0, 0.1) is 6.92 Å². The van der Waals surface area contributed by atoms with Crippen molar-refractivity contribution in [2.75, 3.05) is 5.32 Å². The molecule has 0 aliphatic carbocycles. The Morgan fingerprint density at radius 2 is 2.44 bits per heavy atom. The van der Waals surface area contributed by atoms with Gasteiger partial charge < -0.3 is 14.8 Å². The molecule has 2 aromatic heterocycles. The maximum absolute atomic E-state index is 10.6. The molecule has 0 saturated heterocycles. The molecule has 6 nitrogen and oxygen atoms in total. The van der Waals surface area contributed by atoms with Crippen LogP contribution in [0.5, 0.6) is 0 Å². The predicted molar refractivity (Wildman–Crippen MR) is 57.6 cm³/mol. The van der Waals surface area contributed by atoms with Gasteiger partial charge in [0.1, 0.15) is 17.0 Å². The van der Waals surface area contributed by atoms with Crippen molar-refractivity contribution in [2.45, 2.75) is 13.5 Å². The zero-order valence-corrected chi connectivity index (χ0v) is 9.24. The Balaban J connectivity index is 1.97. The fourth-order valence-electron chi connectivity index (χ4n) is 1.12. The van der Waals surface area contributed by atoms with Gasteiger partial charge in [-0.25, -0.2) is 4.79 Å². The fourth-order valence-corrected chi connectivity index (χ4v) is 1.70. The number of aryl methyl sites for hydroxylation is 1. The molecule has 0 aromatic carbocycles. The molecule has 2 aromatic rings. The van der Waals surface area contributed by atoms with Gasteiger partial charge in [-0.2, -0.15) is 0 Å². The first-order chi connectivity index (χ1) is 7.65. The Kier molecular flexibility index (Phi) is 2.86. The number of carboxylic acid groups (broad SMARTS) is 1. The summed E-state index contributed by atoms with van der Waals surface area (Å²) < 4.78 is 5.07. The highest BCUT2D eigenvalue weighted by Gasteiger charge is 2.08. The number of hydrogen-bond donors (Lipinski definition) is 2. The number of nitrogens with zero attached hydrogens (tertiary/aromatic N) is 2. The standard InChI is InChI=1S/C9H9N3O3S/c1-5-11-12-9(16-5)10-3-7-2-6(4-15-7)8(13)14/h2,4H,3H2,1H3,(H,10,12)(H,13,14). The lowest BCUT2D eigenvalue weighted by atomic mass is 10.3. The van der Waals surface area contributed by atoms with Crippen molar-refractivity contribution in [1.82, 2.24) is 10.2 Å². The van der Waals surface area contributed by atoms with Crippen molar-refractivity contribution >= 4 is 22.4 Å². The summed E-state index contributed by atoms with van der Waals surface area (Å²) in [6.45, 7) is 2.25. The summed E-state index contributed by atoms with van der Waals surface area (Å²) in [6.07, 6.45) is 1.21. The van der Waals surface area contributed by atoms with E-state index in [0.29, 0.717) is 17.4 Å². The van der Waals surface area contributed by atoms with E-state index < -0.39 is 5.97 Å². The van der Waals surface area contributed by atoms with Gasteiger partial charge in [0.2, 0.25) is 5.13 Å². The molecule has 0 fully saturated rings. The molecule has 0 aliphatic heterocycles. The summed E-state index contributed by atoms with van der Waals surface area (Å²) in [5.41, 5.74) is 0.144. The van der Waals surface area contributed by atoms with E-state index in [-0.39, 0.29) is 5.56 Å². The van der Waals surface area contributed by atoms with Gasteiger partial charge in [0.15, 0.2) is 0 Å². The molecule has 0 aliphatic rings. The van der Waals surface area contributed by atoms with Gasteiger partial charge in [0.25, 0.3) is 0 Å². The average Bonchev–Trinajstić information content (AvgIpc) is 2.83. The van der Waals surface area contributed by atoms with Crippen LogP contribution < -0.4 is 5.32 Å². The van der Waals surface area contributed by atoms with Crippen molar-refractivity contribution in [1.29, 1.82) is 0 Å². The first-order valence-electron chi connectivity index (χ1n) is 4.50. The fraction of sp³-hybridized carbons (Fsp3) is 0.222. The molecule has 0 unspecified atom stereocenters. The second-order valence-corrected chi connectivity index (χ2v) is 4.27. The Hall–Kier alpha value is -1.89. The second kappa shape index (κ2) is 4.31. The van der Waals surface area contributed by atoms with Crippen LogP contribution in [-0.4, -0.2) is 21.3 Å². The molecule has 0 spiro atoms. The highest BCUT2D eigenvalue weighted by molar-refractivity contribution is 7.15. The number of aromatic nitrogens is 2. The number of rotatable bonds is 4. The van der Waals surface area contributed by atoms with Gasteiger partial charge >= 0.3 is 5.97 Å². The minimum Gasteiger partial charge on any atom is -0.478 e. The zero-order chi connectivity index (χ0) is 11.5. The van der Waals surface area contributed by atoms with Gasteiger partial charge in [0, 0.05) is 0 Å². The van der Waals surface area contributed by atoms with Crippen molar-refractivity contribution < 1.29 is 14.3 Å². The SMILES string of the molecule is Cc1nnc(NCc2cc(C(=O)O)co2)s1. The zero-order valence-electron chi connectivity index (χ0n) is 8.43. The van der Waals surface area contributed by atoms with Crippen LogP contribution in [0.4, 0.5) is 5.13 Å². The van der Waals surface area contributed by atoms with E-state index in [2.05, 4.69) is 15.5 Å². The second-order valence-electron chi connectivity index (χ2n) is 3.09. The summed E-state index contributed by atoms with van der Waals surface area (Å²) in [7, 11) is 0. The van der Waals surface area contributed by atoms with Crippen molar-refractivity contribution in [3.8, 4) is 0 Å². The van der Waals surface area contributed by atoms with Gasteiger partial charge in [-0.15, -0.1) is 10.2 Å². The van der Waals surface area contributed by atoms with E-state index in [1.807, 2.05) is 6.92 Å².